The van der Waals surface area contributed by atoms with Gasteiger partial charge < -0.3 is 19.7 Å². The van der Waals surface area contributed by atoms with E-state index in [1.54, 1.807) is 0 Å². The molecule has 3 rings (SSSR count). The second-order valence-electron chi connectivity index (χ2n) is 6.20. The summed E-state index contributed by atoms with van der Waals surface area (Å²) in [5.41, 5.74) is -0.283. The normalized spacial score (nSPS) is 13.5. The van der Waals surface area contributed by atoms with E-state index < -0.39 is 51.5 Å². The first-order valence-corrected chi connectivity index (χ1v) is 9.82. The Morgan fingerprint density at radius 3 is 2.61 bits per heavy atom. The highest BCUT2D eigenvalue weighted by atomic mass is 32.2. The van der Waals surface area contributed by atoms with Crippen molar-refractivity contribution in [1.82, 2.24) is 4.98 Å². The predicted molar refractivity (Wildman–Crippen MR) is 99.9 cm³/mol. The lowest BCUT2D eigenvalue weighted by atomic mass is 9.79. The van der Waals surface area contributed by atoms with E-state index in [0.29, 0.717) is 23.3 Å². The Morgan fingerprint density at radius 2 is 1.97 bits per heavy atom. The van der Waals surface area contributed by atoms with Crippen LogP contribution in [0.4, 0.5) is 24.5 Å². The van der Waals surface area contributed by atoms with E-state index in [1.807, 2.05) is 0 Å². The number of nitrogens with one attached hydrogen (secondary N) is 2. The fraction of sp³-hybridized carbons (Fsp3) is 0.188. The number of aromatic nitrogens is 1. The molecule has 1 aliphatic rings. The van der Waals surface area contributed by atoms with Gasteiger partial charge in [0.25, 0.3) is 10.0 Å². The summed E-state index contributed by atoms with van der Waals surface area (Å²) in [6.07, 6.45) is -4.56. The van der Waals surface area contributed by atoms with Gasteiger partial charge in [-0.15, -0.1) is 0 Å². The molecule has 1 amide bonds. The maximum absolute atomic E-state index is 12.8. The highest BCUT2D eigenvalue weighted by Crippen LogP contribution is 2.24. The van der Waals surface area contributed by atoms with Crippen LogP contribution in [0.1, 0.15) is 15.9 Å². The van der Waals surface area contributed by atoms with Crippen molar-refractivity contribution in [2.75, 3.05) is 17.1 Å². The molecule has 1 aliphatic heterocycles. The van der Waals surface area contributed by atoms with Gasteiger partial charge in [-0.3, -0.25) is 9.52 Å². The Balaban J connectivity index is 1.95. The Bertz CT molecular complexity index is 1160. The largest absolute Gasteiger partial charge is 0.491 e. The number of benzene rings is 1. The van der Waals surface area contributed by atoms with E-state index in [2.05, 4.69) is 14.4 Å². The van der Waals surface area contributed by atoms with Crippen LogP contribution >= 0.6 is 0 Å². The number of pyridine rings is 1. The zero-order valence-corrected chi connectivity index (χ0v) is 16.4. The highest BCUT2D eigenvalue weighted by molar-refractivity contribution is 7.92. The molecule has 2 aromatic rings. The number of hydrogen-bond donors (Lipinski definition) is 3. The summed E-state index contributed by atoms with van der Waals surface area (Å²) in [6.45, 7) is 0.142. The van der Waals surface area contributed by atoms with Crippen molar-refractivity contribution in [3.8, 4) is 0 Å². The van der Waals surface area contributed by atoms with Crippen molar-refractivity contribution < 1.29 is 45.6 Å². The third-order valence-electron chi connectivity index (χ3n) is 4.09. The molecule has 164 valence electrons. The summed E-state index contributed by atoms with van der Waals surface area (Å²) in [5, 5.41) is 10.4. The molecule has 1 aromatic heterocycles. The van der Waals surface area contributed by atoms with Crippen LogP contribution in [-0.2, 0) is 30.8 Å². The Kier molecular flexibility index (Phi) is 5.93. The molecule has 0 aliphatic carbocycles. The summed E-state index contributed by atoms with van der Waals surface area (Å²) in [6, 6.07) is 4.92. The molecule has 0 bridgehead atoms. The van der Waals surface area contributed by atoms with Crippen molar-refractivity contribution >= 4 is 45.9 Å². The SMILES string of the molecule is COC(=O)c1cc(NC(=O)C(F)(F)F)cnc1S(=O)(=O)Nc1ccc2c(c1)B(O)OC2. The van der Waals surface area contributed by atoms with E-state index in [9.17, 15) is 36.2 Å². The number of carbonyl (C=O) groups is 2. The third-order valence-corrected chi connectivity index (χ3v) is 5.43. The number of amides is 1. The molecule has 0 saturated carbocycles. The number of rotatable bonds is 5. The Morgan fingerprint density at radius 1 is 1.26 bits per heavy atom. The molecule has 0 spiro atoms. The van der Waals surface area contributed by atoms with E-state index in [1.165, 1.54) is 23.5 Å². The molecule has 0 fully saturated rings. The van der Waals surface area contributed by atoms with Gasteiger partial charge in [0.2, 0.25) is 0 Å². The summed E-state index contributed by atoms with van der Waals surface area (Å²) in [7, 11) is -4.84. The summed E-state index contributed by atoms with van der Waals surface area (Å²) >= 11 is 0. The van der Waals surface area contributed by atoms with E-state index in [0.717, 1.165) is 7.11 Å². The number of hydrogen-bond acceptors (Lipinski definition) is 8. The molecule has 0 saturated heterocycles. The molecule has 3 N–H and O–H groups in total. The van der Waals surface area contributed by atoms with E-state index >= 15 is 0 Å². The summed E-state index contributed by atoms with van der Waals surface area (Å²) in [4.78, 5) is 26.6. The lowest BCUT2D eigenvalue weighted by Gasteiger charge is -2.13. The van der Waals surface area contributed by atoms with Gasteiger partial charge in [-0.05, 0) is 29.2 Å². The van der Waals surface area contributed by atoms with Crippen LogP contribution in [0, 0.1) is 0 Å². The van der Waals surface area contributed by atoms with Gasteiger partial charge in [0.15, 0.2) is 5.03 Å². The van der Waals surface area contributed by atoms with Crippen molar-refractivity contribution in [2.45, 2.75) is 17.8 Å². The molecular formula is C16H13BF3N3O7S. The number of fused-ring (bicyclic) bond motifs is 1. The fourth-order valence-electron chi connectivity index (χ4n) is 2.67. The number of halogens is 3. The number of sulfonamides is 1. The number of anilines is 2. The highest BCUT2D eigenvalue weighted by Gasteiger charge is 2.39. The van der Waals surface area contributed by atoms with Gasteiger partial charge in [0.05, 0.1) is 25.6 Å². The number of nitrogens with zero attached hydrogens (tertiary/aromatic N) is 1. The lowest BCUT2D eigenvalue weighted by molar-refractivity contribution is -0.167. The summed E-state index contributed by atoms with van der Waals surface area (Å²) < 4.78 is 74.5. The van der Waals surface area contributed by atoms with Gasteiger partial charge in [-0.25, -0.2) is 9.78 Å². The van der Waals surface area contributed by atoms with Crippen molar-refractivity contribution in [2.24, 2.45) is 0 Å². The van der Waals surface area contributed by atoms with Crippen molar-refractivity contribution in [1.29, 1.82) is 0 Å². The number of methoxy groups -OCH3 is 1. The first-order chi connectivity index (χ1) is 14.4. The zero-order valence-electron chi connectivity index (χ0n) is 15.6. The average molecular weight is 459 g/mol. The molecule has 0 radical (unpaired) electrons. The number of esters is 1. The molecule has 15 heteroatoms. The number of ether oxygens (including phenoxy) is 1. The van der Waals surface area contributed by atoms with Gasteiger partial charge in [0, 0.05) is 5.69 Å². The minimum absolute atomic E-state index is 0.00960. The zero-order chi connectivity index (χ0) is 23.0. The van der Waals surface area contributed by atoms with Gasteiger partial charge in [-0.1, -0.05) is 6.07 Å². The fourth-order valence-corrected chi connectivity index (χ4v) is 3.83. The molecule has 10 nitrogen and oxygen atoms in total. The summed E-state index contributed by atoms with van der Waals surface area (Å²) in [5.74, 6) is -3.55. The molecule has 31 heavy (non-hydrogen) atoms. The first-order valence-electron chi connectivity index (χ1n) is 8.34. The second kappa shape index (κ2) is 8.17. The third kappa shape index (κ3) is 4.78. The number of carbonyl (C=O) groups excluding carboxylic acids is 2. The van der Waals surface area contributed by atoms with Crippen LogP contribution in [-0.4, -0.2) is 50.7 Å². The van der Waals surface area contributed by atoms with Crippen LogP contribution in [0.15, 0.2) is 35.5 Å². The van der Waals surface area contributed by atoms with Crippen LogP contribution in [0.2, 0.25) is 0 Å². The molecule has 0 atom stereocenters. The maximum atomic E-state index is 12.8. The molecular weight excluding hydrogens is 446 g/mol. The van der Waals surface area contributed by atoms with E-state index in [4.69, 9.17) is 4.65 Å². The van der Waals surface area contributed by atoms with Crippen molar-refractivity contribution in [3.63, 3.8) is 0 Å². The quantitative estimate of drug-likeness (QED) is 0.431. The molecule has 1 aromatic carbocycles. The first kappa shape index (κ1) is 22.5. The molecule has 2 heterocycles. The average Bonchev–Trinajstić information content (AvgIpc) is 3.06. The van der Waals surface area contributed by atoms with Crippen LogP contribution in [0.25, 0.3) is 0 Å². The van der Waals surface area contributed by atoms with E-state index in [-0.39, 0.29) is 12.3 Å². The number of alkyl halides is 3. The van der Waals surface area contributed by atoms with Gasteiger partial charge in [-0.2, -0.15) is 21.6 Å². The monoisotopic (exact) mass is 459 g/mol. The minimum atomic E-state index is -5.21. The van der Waals surface area contributed by atoms with Crippen LogP contribution in [0.5, 0.6) is 0 Å². The lowest BCUT2D eigenvalue weighted by Crippen LogP contribution is -2.30. The predicted octanol–water partition coefficient (Wildman–Crippen LogP) is 0.387. The smallest absolute Gasteiger partial charge is 0.465 e. The topological polar surface area (TPSA) is 144 Å². The van der Waals surface area contributed by atoms with Gasteiger partial charge in [0.1, 0.15) is 5.56 Å². The van der Waals surface area contributed by atoms with Crippen LogP contribution in [0.3, 0.4) is 0 Å². The molecule has 0 unspecified atom stereocenters. The minimum Gasteiger partial charge on any atom is -0.465 e. The van der Waals surface area contributed by atoms with Crippen LogP contribution < -0.4 is 15.5 Å². The standard InChI is InChI=1S/C16H13BF3N3O7S/c1-29-14(24)11-4-10(22-15(25)16(18,19)20)6-21-13(11)31(27,28)23-9-3-2-8-7-30-17(26)12(8)5-9/h2-6,23,26H,7H2,1H3,(H,22,25). The Hall–Kier alpha value is -3.17. The van der Waals surface area contributed by atoms with Gasteiger partial charge >= 0.3 is 25.2 Å². The van der Waals surface area contributed by atoms with Crippen molar-refractivity contribution in [3.05, 3.63) is 41.6 Å². The maximum Gasteiger partial charge on any atom is 0.491 e. The Labute approximate surface area is 173 Å². The second-order valence-corrected chi connectivity index (χ2v) is 7.80.